The van der Waals surface area contributed by atoms with Gasteiger partial charge in [-0.3, -0.25) is 0 Å². The maximum absolute atomic E-state index is 5.41. The summed E-state index contributed by atoms with van der Waals surface area (Å²) in [5.41, 5.74) is 0.174. The molecule has 0 amide bonds. The first-order chi connectivity index (χ1) is 9.13. The molecule has 1 aromatic heterocycles. The van der Waals surface area contributed by atoms with Crippen LogP contribution in [0.1, 0.15) is 57.7 Å². The summed E-state index contributed by atoms with van der Waals surface area (Å²) in [5.74, 6) is 2.46. The molecule has 4 nitrogen and oxygen atoms in total. The molecule has 0 spiro atoms. The van der Waals surface area contributed by atoms with Crippen LogP contribution in [0.5, 0.6) is 0 Å². The predicted molar refractivity (Wildman–Crippen MR) is 79.3 cm³/mol. The van der Waals surface area contributed by atoms with E-state index in [0.717, 1.165) is 23.9 Å². The highest BCUT2D eigenvalue weighted by Gasteiger charge is 2.32. The van der Waals surface area contributed by atoms with Gasteiger partial charge in [0.1, 0.15) is 0 Å². The molecule has 5 heteroatoms. The summed E-state index contributed by atoms with van der Waals surface area (Å²) >= 11 is 1.85. The van der Waals surface area contributed by atoms with E-state index in [4.69, 9.17) is 4.52 Å². The highest BCUT2D eigenvalue weighted by molar-refractivity contribution is 7.99. The van der Waals surface area contributed by atoms with E-state index in [1.807, 2.05) is 11.8 Å². The molecule has 0 unspecified atom stereocenters. The lowest BCUT2D eigenvalue weighted by molar-refractivity contribution is 0.221. The number of nitrogens with zero attached hydrogens (tertiary/aromatic N) is 2. The second-order valence-electron chi connectivity index (χ2n) is 5.73. The van der Waals surface area contributed by atoms with Crippen LogP contribution in [-0.2, 0) is 12.2 Å². The topological polar surface area (TPSA) is 51.0 Å². The van der Waals surface area contributed by atoms with Crippen molar-refractivity contribution in [1.82, 2.24) is 15.5 Å². The van der Waals surface area contributed by atoms with Crippen molar-refractivity contribution < 1.29 is 4.52 Å². The van der Waals surface area contributed by atoms with Crippen molar-refractivity contribution in [3.8, 4) is 0 Å². The van der Waals surface area contributed by atoms with Gasteiger partial charge in [0.25, 0.3) is 0 Å². The summed E-state index contributed by atoms with van der Waals surface area (Å²) in [7, 11) is 2.05. The Hall–Kier alpha value is -0.550. The molecular formula is C14H25N3OS. The minimum Gasteiger partial charge on any atom is -0.339 e. The van der Waals surface area contributed by atoms with Crippen molar-refractivity contribution in [1.29, 1.82) is 0 Å². The van der Waals surface area contributed by atoms with Crippen LogP contribution >= 0.6 is 11.8 Å². The van der Waals surface area contributed by atoms with Gasteiger partial charge in [-0.2, -0.15) is 16.7 Å². The second kappa shape index (κ2) is 6.75. The first-order valence-electron chi connectivity index (χ1n) is 7.25. The van der Waals surface area contributed by atoms with Gasteiger partial charge in [-0.25, -0.2) is 0 Å². The fourth-order valence-electron chi connectivity index (χ4n) is 2.69. The third-order valence-electron chi connectivity index (χ3n) is 3.89. The zero-order valence-corrected chi connectivity index (χ0v) is 13.1. The average molecular weight is 283 g/mol. The Kier molecular flexibility index (Phi) is 5.28. The molecule has 0 aromatic carbocycles. The van der Waals surface area contributed by atoms with E-state index in [1.54, 1.807) is 0 Å². The normalized spacial score (nSPS) is 18.9. The maximum atomic E-state index is 5.41. The van der Waals surface area contributed by atoms with Gasteiger partial charge in [0.2, 0.25) is 5.89 Å². The van der Waals surface area contributed by atoms with E-state index in [2.05, 4.69) is 36.4 Å². The smallest absolute Gasteiger partial charge is 0.228 e. The number of hydrogen-bond acceptors (Lipinski definition) is 5. The van der Waals surface area contributed by atoms with Crippen LogP contribution in [0.3, 0.4) is 0 Å². The fourth-order valence-corrected chi connectivity index (χ4v) is 3.29. The number of aromatic nitrogens is 2. The summed E-state index contributed by atoms with van der Waals surface area (Å²) in [6.45, 7) is 4.37. The summed E-state index contributed by atoms with van der Waals surface area (Å²) in [6, 6.07) is 0. The van der Waals surface area contributed by atoms with Crippen LogP contribution < -0.4 is 5.32 Å². The molecule has 2 rings (SSSR count). The molecule has 1 fully saturated rings. The van der Waals surface area contributed by atoms with E-state index in [1.165, 1.54) is 32.1 Å². The molecule has 19 heavy (non-hydrogen) atoms. The third kappa shape index (κ3) is 4.21. The summed E-state index contributed by atoms with van der Waals surface area (Å²) in [4.78, 5) is 4.53. The van der Waals surface area contributed by atoms with Gasteiger partial charge in [0.15, 0.2) is 5.82 Å². The predicted octanol–water partition coefficient (Wildman–Crippen LogP) is 3.18. The van der Waals surface area contributed by atoms with Crippen LogP contribution in [0.4, 0.5) is 0 Å². The van der Waals surface area contributed by atoms with Crippen LogP contribution in [0.25, 0.3) is 0 Å². The molecule has 0 aliphatic heterocycles. The molecule has 0 atom stereocenters. The van der Waals surface area contributed by atoms with Gasteiger partial charge in [-0.1, -0.05) is 38.3 Å². The fraction of sp³-hybridized carbons (Fsp3) is 0.857. The highest BCUT2D eigenvalue weighted by Crippen LogP contribution is 2.30. The third-order valence-corrected chi connectivity index (χ3v) is 4.98. The van der Waals surface area contributed by atoms with Gasteiger partial charge in [-0.15, -0.1) is 0 Å². The van der Waals surface area contributed by atoms with E-state index in [0.29, 0.717) is 5.25 Å². The first kappa shape index (κ1) is 14.9. The van der Waals surface area contributed by atoms with Crippen LogP contribution in [-0.4, -0.2) is 28.0 Å². The van der Waals surface area contributed by atoms with E-state index in [9.17, 15) is 0 Å². The number of rotatable bonds is 6. The van der Waals surface area contributed by atoms with Gasteiger partial charge >= 0.3 is 0 Å². The van der Waals surface area contributed by atoms with Crippen LogP contribution in [0, 0.1) is 0 Å². The molecule has 1 aromatic rings. The van der Waals surface area contributed by atoms with Crippen molar-refractivity contribution in [2.24, 2.45) is 0 Å². The molecule has 1 aliphatic rings. The largest absolute Gasteiger partial charge is 0.339 e. The average Bonchev–Trinajstić information content (AvgIpc) is 2.85. The molecule has 1 aliphatic carbocycles. The van der Waals surface area contributed by atoms with Crippen LogP contribution in [0.2, 0.25) is 0 Å². The summed E-state index contributed by atoms with van der Waals surface area (Å²) in [6.07, 6.45) is 7.23. The quantitative estimate of drug-likeness (QED) is 0.869. The van der Waals surface area contributed by atoms with E-state index >= 15 is 0 Å². The summed E-state index contributed by atoms with van der Waals surface area (Å²) < 4.78 is 5.41. The highest BCUT2D eigenvalue weighted by atomic mass is 32.2. The number of hydrogen-bond donors (Lipinski definition) is 1. The molecule has 0 saturated heterocycles. The molecule has 1 saturated carbocycles. The monoisotopic (exact) mass is 283 g/mol. The Morgan fingerprint density at radius 3 is 2.68 bits per heavy atom. The molecule has 108 valence electrons. The zero-order valence-electron chi connectivity index (χ0n) is 12.2. The SMILES string of the molecule is CNC1(Cc2nc(CSC(C)C)no2)CCCCC1. The van der Waals surface area contributed by atoms with Gasteiger partial charge in [-0.05, 0) is 25.1 Å². The number of nitrogens with one attached hydrogen (secondary N) is 1. The lowest BCUT2D eigenvalue weighted by Crippen LogP contribution is -2.46. The van der Waals surface area contributed by atoms with Crippen molar-refractivity contribution in [3.63, 3.8) is 0 Å². The first-order valence-corrected chi connectivity index (χ1v) is 8.30. The molecule has 1 N–H and O–H groups in total. The molecule has 0 bridgehead atoms. The minimum atomic E-state index is 0.174. The van der Waals surface area contributed by atoms with Gasteiger partial charge in [0, 0.05) is 12.0 Å². The minimum absolute atomic E-state index is 0.174. The van der Waals surface area contributed by atoms with Crippen LogP contribution in [0.15, 0.2) is 4.52 Å². The van der Waals surface area contributed by atoms with Crippen molar-refractivity contribution in [2.45, 2.75) is 68.9 Å². The number of thioether (sulfide) groups is 1. The molecule has 1 heterocycles. The van der Waals surface area contributed by atoms with E-state index in [-0.39, 0.29) is 5.54 Å². The zero-order chi connectivity index (χ0) is 13.7. The lowest BCUT2D eigenvalue weighted by Gasteiger charge is -2.36. The Morgan fingerprint density at radius 1 is 1.32 bits per heavy atom. The van der Waals surface area contributed by atoms with Gasteiger partial charge in [0.05, 0.1) is 5.75 Å². The van der Waals surface area contributed by atoms with Crippen molar-refractivity contribution in [2.75, 3.05) is 7.05 Å². The standard InChI is InChI=1S/C14H25N3OS/c1-11(2)19-10-12-16-13(18-17-12)9-14(15-3)7-5-4-6-8-14/h11,15H,4-10H2,1-3H3. The lowest BCUT2D eigenvalue weighted by atomic mass is 9.79. The Bertz CT molecular complexity index is 386. The van der Waals surface area contributed by atoms with Crippen molar-refractivity contribution in [3.05, 3.63) is 11.7 Å². The Labute approximate surface area is 120 Å². The molecular weight excluding hydrogens is 258 g/mol. The van der Waals surface area contributed by atoms with Crippen molar-refractivity contribution >= 4 is 11.8 Å². The number of likely N-dealkylation sites (N-methyl/N-ethyl adjacent to an activating group) is 1. The van der Waals surface area contributed by atoms with Gasteiger partial charge < -0.3 is 9.84 Å². The summed E-state index contributed by atoms with van der Waals surface area (Å²) in [5, 5.41) is 8.18. The molecule has 0 radical (unpaired) electrons. The Balaban J connectivity index is 1.94. The van der Waals surface area contributed by atoms with E-state index < -0.39 is 0 Å². The second-order valence-corrected chi connectivity index (χ2v) is 7.30. The maximum Gasteiger partial charge on any atom is 0.228 e. The Morgan fingerprint density at radius 2 is 2.05 bits per heavy atom.